The SMILES string of the molecule is CC(C)(C)OC(=O)N1CC[C@@]2(C(=O)O)CNCC[C@@H]12. The van der Waals surface area contributed by atoms with Gasteiger partial charge in [0.05, 0.1) is 6.04 Å². The Bertz CT molecular complexity index is 391. The molecule has 0 aromatic heterocycles. The fourth-order valence-electron chi connectivity index (χ4n) is 2.99. The molecule has 0 bridgehead atoms. The normalized spacial score (nSPS) is 30.9. The first-order valence-corrected chi connectivity index (χ1v) is 6.70. The topological polar surface area (TPSA) is 78.9 Å². The molecule has 1 amide bonds. The standard InChI is InChI=1S/C13H22N2O4/c1-12(2,3)19-11(18)15-7-5-13(10(16)17)8-14-6-4-9(13)15/h9,14H,4-8H2,1-3H3,(H,16,17)/t9-,13-/m1/s1. The lowest BCUT2D eigenvalue weighted by atomic mass is 9.76. The van der Waals surface area contributed by atoms with Gasteiger partial charge in [-0.1, -0.05) is 0 Å². The van der Waals surface area contributed by atoms with Crippen LogP contribution < -0.4 is 5.32 Å². The Balaban J connectivity index is 2.17. The van der Waals surface area contributed by atoms with E-state index in [1.165, 1.54) is 0 Å². The highest BCUT2D eigenvalue weighted by molar-refractivity contribution is 5.79. The number of ether oxygens (including phenoxy) is 1. The van der Waals surface area contributed by atoms with Crippen LogP contribution in [0.25, 0.3) is 0 Å². The van der Waals surface area contributed by atoms with Crippen molar-refractivity contribution in [2.24, 2.45) is 5.41 Å². The Morgan fingerprint density at radius 1 is 1.42 bits per heavy atom. The van der Waals surface area contributed by atoms with Gasteiger partial charge in [-0.25, -0.2) is 4.79 Å². The molecule has 0 aliphatic carbocycles. The maximum Gasteiger partial charge on any atom is 0.410 e. The predicted molar refractivity (Wildman–Crippen MR) is 68.9 cm³/mol. The van der Waals surface area contributed by atoms with Crippen molar-refractivity contribution in [1.29, 1.82) is 0 Å². The van der Waals surface area contributed by atoms with Crippen LogP contribution >= 0.6 is 0 Å². The molecular weight excluding hydrogens is 248 g/mol. The number of likely N-dealkylation sites (tertiary alicyclic amines) is 1. The molecule has 0 aromatic rings. The number of carboxylic acids is 1. The summed E-state index contributed by atoms with van der Waals surface area (Å²) in [5.74, 6) is -0.823. The number of carbonyl (C=O) groups is 2. The minimum Gasteiger partial charge on any atom is -0.481 e. The summed E-state index contributed by atoms with van der Waals surface area (Å²) in [7, 11) is 0. The second-order valence-corrected chi connectivity index (χ2v) is 6.37. The third-order valence-electron chi connectivity index (χ3n) is 3.90. The molecule has 0 radical (unpaired) electrons. The summed E-state index contributed by atoms with van der Waals surface area (Å²) in [6.07, 6.45) is 0.743. The molecular formula is C13H22N2O4. The van der Waals surface area contributed by atoms with Crippen molar-refractivity contribution >= 4 is 12.1 Å². The summed E-state index contributed by atoms with van der Waals surface area (Å²) in [6.45, 7) is 7.05. The molecule has 108 valence electrons. The third-order valence-corrected chi connectivity index (χ3v) is 3.90. The first-order valence-electron chi connectivity index (χ1n) is 6.70. The maximum atomic E-state index is 12.2. The monoisotopic (exact) mass is 270 g/mol. The molecule has 0 aromatic carbocycles. The first-order chi connectivity index (χ1) is 8.76. The fraction of sp³-hybridized carbons (Fsp3) is 0.846. The van der Waals surface area contributed by atoms with Crippen molar-refractivity contribution in [3.63, 3.8) is 0 Å². The lowest BCUT2D eigenvalue weighted by Crippen LogP contribution is -2.56. The third kappa shape index (κ3) is 2.54. The Morgan fingerprint density at radius 2 is 2.11 bits per heavy atom. The number of carbonyl (C=O) groups excluding carboxylic acids is 1. The van der Waals surface area contributed by atoms with Crippen molar-refractivity contribution in [2.75, 3.05) is 19.6 Å². The van der Waals surface area contributed by atoms with Crippen LogP contribution in [-0.2, 0) is 9.53 Å². The molecule has 2 N–H and O–H groups in total. The molecule has 2 aliphatic heterocycles. The number of nitrogens with zero attached hydrogens (tertiary/aromatic N) is 1. The first kappa shape index (κ1) is 14.1. The van der Waals surface area contributed by atoms with Gasteiger partial charge in [-0.15, -0.1) is 0 Å². The van der Waals surface area contributed by atoms with E-state index in [1.807, 2.05) is 20.8 Å². The molecule has 0 unspecified atom stereocenters. The van der Waals surface area contributed by atoms with Gasteiger partial charge in [0.15, 0.2) is 0 Å². The number of hydrogen-bond acceptors (Lipinski definition) is 4. The number of fused-ring (bicyclic) bond motifs is 1. The summed E-state index contributed by atoms with van der Waals surface area (Å²) in [5.41, 5.74) is -1.41. The minimum atomic E-state index is -0.852. The van der Waals surface area contributed by atoms with Crippen molar-refractivity contribution in [2.45, 2.75) is 45.3 Å². The molecule has 2 aliphatic rings. The zero-order valence-electron chi connectivity index (χ0n) is 11.7. The van der Waals surface area contributed by atoms with E-state index in [0.29, 0.717) is 25.9 Å². The van der Waals surface area contributed by atoms with E-state index in [1.54, 1.807) is 4.90 Å². The molecule has 2 saturated heterocycles. The molecule has 19 heavy (non-hydrogen) atoms. The zero-order valence-corrected chi connectivity index (χ0v) is 11.7. The predicted octanol–water partition coefficient (Wildman–Crippen LogP) is 1.06. The summed E-state index contributed by atoms with van der Waals surface area (Å²) in [6, 6.07) is -0.263. The number of hydrogen-bond donors (Lipinski definition) is 2. The number of piperidine rings is 1. The Hall–Kier alpha value is -1.30. The zero-order chi connectivity index (χ0) is 14.3. The number of amides is 1. The summed E-state index contributed by atoms with van der Waals surface area (Å²) < 4.78 is 5.37. The second-order valence-electron chi connectivity index (χ2n) is 6.37. The van der Waals surface area contributed by atoms with Crippen molar-refractivity contribution in [1.82, 2.24) is 10.2 Å². The van der Waals surface area contributed by atoms with Gasteiger partial charge in [0, 0.05) is 13.1 Å². The summed E-state index contributed by atoms with van der Waals surface area (Å²) >= 11 is 0. The van der Waals surface area contributed by atoms with Gasteiger partial charge < -0.3 is 20.1 Å². The molecule has 6 heteroatoms. The highest BCUT2D eigenvalue weighted by Crippen LogP contribution is 2.41. The van der Waals surface area contributed by atoms with Gasteiger partial charge in [-0.05, 0) is 40.2 Å². The van der Waals surface area contributed by atoms with E-state index in [4.69, 9.17) is 4.74 Å². The minimum absolute atomic E-state index is 0.263. The van der Waals surface area contributed by atoms with E-state index in [-0.39, 0.29) is 6.04 Å². The number of rotatable bonds is 1. The summed E-state index contributed by atoms with van der Waals surface area (Å²) in [5, 5.41) is 12.6. The van der Waals surface area contributed by atoms with Gasteiger partial charge in [0.2, 0.25) is 0 Å². The van der Waals surface area contributed by atoms with Gasteiger partial charge in [-0.3, -0.25) is 4.79 Å². The van der Waals surface area contributed by atoms with Gasteiger partial charge in [0.25, 0.3) is 0 Å². The van der Waals surface area contributed by atoms with E-state index in [2.05, 4.69) is 5.32 Å². The van der Waals surface area contributed by atoms with Crippen molar-refractivity contribution in [3.8, 4) is 0 Å². The highest BCUT2D eigenvalue weighted by Gasteiger charge is 2.56. The number of aliphatic carboxylic acids is 1. The van der Waals surface area contributed by atoms with Gasteiger partial charge in [-0.2, -0.15) is 0 Å². The summed E-state index contributed by atoms with van der Waals surface area (Å²) in [4.78, 5) is 25.4. The molecule has 0 saturated carbocycles. The highest BCUT2D eigenvalue weighted by atomic mass is 16.6. The van der Waals surface area contributed by atoms with E-state index >= 15 is 0 Å². The van der Waals surface area contributed by atoms with Gasteiger partial charge in [0.1, 0.15) is 11.0 Å². The average Bonchev–Trinajstić information content (AvgIpc) is 2.67. The van der Waals surface area contributed by atoms with Crippen LogP contribution in [-0.4, -0.2) is 53.3 Å². The molecule has 6 nitrogen and oxygen atoms in total. The van der Waals surface area contributed by atoms with Crippen molar-refractivity contribution in [3.05, 3.63) is 0 Å². The van der Waals surface area contributed by atoms with Crippen LogP contribution in [0.2, 0.25) is 0 Å². The van der Waals surface area contributed by atoms with Crippen molar-refractivity contribution < 1.29 is 19.4 Å². The quantitative estimate of drug-likeness (QED) is 0.745. The van der Waals surface area contributed by atoms with E-state index < -0.39 is 23.1 Å². The average molecular weight is 270 g/mol. The molecule has 2 fully saturated rings. The molecule has 2 rings (SSSR count). The Kier molecular flexibility index (Phi) is 3.47. The smallest absolute Gasteiger partial charge is 0.410 e. The van der Waals surface area contributed by atoms with E-state index in [9.17, 15) is 14.7 Å². The van der Waals surface area contributed by atoms with Crippen LogP contribution in [0, 0.1) is 5.41 Å². The van der Waals surface area contributed by atoms with Crippen LogP contribution in [0.1, 0.15) is 33.6 Å². The fourth-order valence-corrected chi connectivity index (χ4v) is 2.99. The van der Waals surface area contributed by atoms with Gasteiger partial charge >= 0.3 is 12.1 Å². The second kappa shape index (κ2) is 4.67. The Labute approximate surface area is 113 Å². The van der Waals surface area contributed by atoms with E-state index in [0.717, 1.165) is 6.54 Å². The molecule has 2 heterocycles. The molecule has 0 spiro atoms. The number of carboxylic acid groups (broad SMARTS) is 1. The molecule has 2 atom stereocenters. The Morgan fingerprint density at radius 3 is 2.68 bits per heavy atom. The lowest BCUT2D eigenvalue weighted by Gasteiger charge is -2.39. The lowest BCUT2D eigenvalue weighted by molar-refractivity contribution is -0.151. The van der Waals surface area contributed by atoms with Crippen LogP contribution in [0.15, 0.2) is 0 Å². The van der Waals surface area contributed by atoms with Crippen LogP contribution in [0.4, 0.5) is 4.79 Å². The van der Waals surface area contributed by atoms with Crippen LogP contribution in [0.5, 0.6) is 0 Å². The maximum absolute atomic E-state index is 12.2. The van der Waals surface area contributed by atoms with Crippen LogP contribution in [0.3, 0.4) is 0 Å². The number of nitrogens with one attached hydrogen (secondary N) is 1. The largest absolute Gasteiger partial charge is 0.481 e.